The summed E-state index contributed by atoms with van der Waals surface area (Å²) in [7, 11) is 0. The van der Waals surface area contributed by atoms with E-state index in [2.05, 4.69) is 34.9 Å². The van der Waals surface area contributed by atoms with E-state index in [4.69, 9.17) is 4.74 Å². The van der Waals surface area contributed by atoms with Crippen LogP contribution in [-0.2, 0) is 14.3 Å². The predicted molar refractivity (Wildman–Crippen MR) is 135 cm³/mol. The molecule has 2 atom stereocenters. The smallest absolute Gasteiger partial charge is 0.407 e. The van der Waals surface area contributed by atoms with Crippen LogP contribution in [0.25, 0.3) is 11.1 Å². The zero-order chi connectivity index (χ0) is 25.4. The molecule has 7 nitrogen and oxygen atoms in total. The number of amides is 2. The second-order valence-electron chi connectivity index (χ2n) is 9.68. The van der Waals surface area contributed by atoms with Crippen LogP contribution >= 0.6 is 0 Å². The topological polar surface area (TPSA) is 105 Å². The van der Waals surface area contributed by atoms with Gasteiger partial charge in [-0.3, -0.25) is 9.59 Å². The molecule has 0 radical (unpaired) electrons. The number of alkyl carbamates (subject to hydrolysis) is 1. The van der Waals surface area contributed by atoms with Gasteiger partial charge in [0.2, 0.25) is 5.91 Å². The molecule has 0 fully saturated rings. The first kappa shape index (κ1) is 26.3. The van der Waals surface area contributed by atoms with Crippen LogP contribution in [0.15, 0.2) is 48.5 Å². The van der Waals surface area contributed by atoms with E-state index in [1.54, 1.807) is 0 Å². The lowest BCUT2D eigenvalue weighted by Gasteiger charge is -2.17. The van der Waals surface area contributed by atoms with E-state index in [1.165, 1.54) is 22.3 Å². The minimum absolute atomic E-state index is 0.0296. The zero-order valence-corrected chi connectivity index (χ0v) is 20.8. The standard InChI is InChI=1S/C28H36N2O5/c1-18(2)24(27(32)33)16-30-26(31)13-12-19(3)14-15-29-28(34)35-17-25-22-10-6-4-8-20(22)21-9-5-7-11-23(21)25/h4-11,18-19,24-25H,12-17H2,1-3H3,(H,29,34)(H,30,31)(H,32,33). The highest BCUT2D eigenvalue weighted by atomic mass is 16.5. The first-order valence-corrected chi connectivity index (χ1v) is 12.4. The van der Waals surface area contributed by atoms with Gasteiger partial charge in [0.1, 0.15) is 6.61 Å². The number of carbonyl (C=O) groups is 3. The number of carboxylic acid groups (broad SMARTS) is 1. The summed E-state index contributed by atoms with van der Waals surface area (Å²) in [6, 6.07) is 16.4. The minimum atomic E-state index is -0.895. The van der Waals surface area contributed by atoms with Crippen LogP contribution in [0, 0.1) is 17.8 Å². The molecule has 3 N–H and O–H groups in total. The van der Waals surface area contributed by atoms with E-state index >= 15 is 0 Å². The van der Waals surface area contributed by atoms with Gasteiger partial charge in [-0.15, -0.1) is 0 Å². The Labute approximate surface area is 207 Å². The van der Waals surface area contributed by atoms with Gasteiger partial charge in [-0.1, -0.05) is 69.3 Å². The number of aliphatic carboxylic acids is 1. The molecule has 0 bridgehead atoms. The number of hydrogen-bond donors (Lipinski definition) is 3. The van der Waals surface area contributed by atoms with Gasteiger partial charge in [-0.05, 0) is 46.9 Å². The third kappa shape index (κ3) is 7.07. The highest BCUT2D eigenvalue weighted by molar-refractivity contribution is 5.79. The monoisotopic (exact) mass is 480 g/mol. The summed E-state index contributed by atoms with van der Waals surface area (Å²) in [4.78, 5) is 35.6. The van der Waals surface area contributed by atoms with Crippen molar-refractivity contribution in [3.05, 3.63) is 59.7 Å². The van der Waals surface area contributed by atoms with Crippen LogP contribution in [0.3, 0.4) is 0 Å². The number of carboxylic acids is 1. The summed E-state index contributed by atoms with van der Waals surface area (Å²) in [6.45, 7) is 6.58. The average Bonchev–Trinajstić information content (AvgIpc) is 3.15. The van der Waals surface area contributed by atoms with E-state index in [0.717, 1.165) is 6.42 Å². The molecule has 0 aromatic heterocycles. The number of rotatable bonds is 12. The quantitative estimate of drug-likeness (QED) is 0.405. The number of nitrogens with one attached hydrogen (secondary N) is 2. The molecule has 1 aliphatic rings. The molecular weight excluding hydrogens is 444 g/mol. The summed E-state index contributed by atoms with van der Waals surface area (Å²) in [6.07, 6.45) is 1.28. The maximum atomic E-state index is 12.3. The van der Waals surface area contributed by atoms with Crippen LogP contribution in [0.2, 0.25) is 0 Å². The number of ether oxygens (including phenoxy) is 1. The maximum absolute atomic E-state index is 12.3. The van der Waals surface area contributed by atoms with Gasteiger partial charge in [0.25, 0.3) is 0 Å². The number of carbonyl (C=O) groups excluding carboxylic acids is 2. The molecule has 2 aromatic rings. The Morgan fingerprint density at radius 1 is 0.914 bits per heavy atom. The minimum Gasteiger partial charge on any atom is -0.481 e. The Morgan fingerprint density at radius 3 is 2.09 bits per heavy atom. The Balaban J connectivity index is 1.35. The molecule has 3 rings (SSSR count). The lowest BCUT2D eigenvalue weighted by atomic mass is 9.96. The average molecular weight is 481 g/mol. The van der Waals surface area contributed by atoms with E-state index in [1.807, 2.05) is 45.0 Å². The van der Waals surface area contributed by atoms with Gasteiger partial charge in [0.15, 0.2) is 0 Å². The maximum Gasteiger partial charge on any atom is 0.407 e. The Morgan fingerprint density at radius 2 is 1.51 bits per heavy atom. The number of benzene rings is 2. The second kappa shape index (κ2) is 12.4. The first-order valence-electron chi connectivity index (χ1n) is 12.4. The molecule has 0 saturated carbocycles. The van der Waals surface area contributed by atoms with Crippen molar-refractivity contribution in [2.75, 3.05) is 19.7 Å². The summed E-state index contributed by atoms with van der Waals surface area (Å²) >= 11 is 0. The Kier molecular flexibility index (Phi) is 9.29. The molecule has 0 saturated heterocycles. The summed E-state index contributed by atoms with van der Waals surface area (Å²) in [5.74, 6) is -1.41. The van der Waals surface area contributed by atoms with E-state index < -0.39 is 18.0 Å². The third-order valence-electron chi connectivity index (χ3n) is 6.76. The Hall–Kier alpha value is -3.35. The van der Waals surface area contributed by atoms with Gasteiger partial charge >= 0.3 is 12.1 Å². The van der Waals surface area contributed by atoms with E-state index in [9.17, 15) is 19.5 Å². The fraction of sp³-hybridized carbons (Fsp3) is 0.464. The van der Waals surface area contributed by atoms with Crippen LogP contribution in [0.4, 0.5) is 4.79 Å². The summed E-state index contributed by atoms with van der Waals surface area (Å²) in [5.41, 5.74) is 4.74. The zero-order valence-electron chi connectivity index (χ0n) is 20.8. The van der Waals surface area contributed by atoms with Crippen molar-refractivity contribution in [2.24, 2.45) is 17.8 Å². The normalized spacial score (nSPS) is 14.1. The SMILES string of the molecule is CC(CCNC(=O)OCC1c2ccccc2-c2ccccc21)CCC(=O)NCC(C(=O)O)C(C)C. The molecule has 1 aliphatic carbocycles. The fourth-order valence-electron chi connectivity index (χ4n) is 4.51. The van der Waals surface area contributed by atoms with Crippen molar-refractivity contribution < 1.29 is 24.2 Å². The van der Waals surface area contributed by atoms with Crippen molar-refractivity contribution in [2.45, 2.75) is 46.0 Å². The molecule has 35 heavy (non-hydrogen) atoms. The van der Waals surface area contributed by atoms with Crippen molar-refractivity contribution in [3.8, 4) is 11.1 Å². The summed E-state index contributed by atoms with van der Waals surface area (Å²) in [5, 5.41) is 14.7. The van der Waals surface area contributed by atoms with E-state index in [0.29, 0.717) is 19.4 Å². The van der Waals surface area contributed by atoms with Crippen LogP contribution in [0.1, 0.15) is 57.1 Å². The van der Waals surface area contributed by atoms with Crippen molar-refractivity contribution in [1.82, 2.24) is 10.6 Å². The van der Waals surface area contributed by atoms with Crippen LogP contribution in [0.5, 0.6) is 0 Å². The van der Waals surface area contributed by atoms with Gasteiger partial charge in [0.05, 0.1) is 5.92 Å². The third-order valence-corrected chi connectivity index (χ3v) is 6.76. The second-order valence-corrected chi connectivity index (χ2v) is 9.68. The van der Waals surface area contributed by atoms with Gasteiger partial charge in [-0.25, -0.2) is 4.79 Å². The largest absolute Gasteiger partial charge is 0.481 e. The molecule has 2 unspecified atom stereocenters. The predicted octanol–water partition coefficient (Wildman–Crippen LogP) is 4.80. The molecule has 2 amide bonds. The van der Waals surface area contributed by atoms with Gasteiger partial charge < -0.3 is 20.5 Å². The van der Waals surface area contributed by atoms with Gasteiger partial charge in [0, 0.05) is 25.4 Å². The first-order chi connectivity index (χ1) is 16.8. The molecule has 2 aromatic carbocycles. The van der Waals surface area contributed by atoms with E-state index in [-0.39, 0.29) is 36.8 Å². The van der Waals surface area contributed by atoms with Crippen molar-refractivity contribution in [3.63, 3.8) is 0 Å². The molecular formula is C28H36N2O5. The highest BCUT2D eigenvalue weighted by Gasteiger charge is 2.29. The van der Waals surface area contributed by atoms with Crippen LogP contribution < -0.4 is 10.6 Å². The van der Waals surface area contributed by atoms with Crippen molar-refractivity contribution >= 4 is 18.0 Å². The molecule has 0 heterocycles. The van der Waals surface area contributed by atoms with Crippen molar-refractivity contribution in [1.29, 1.82) is 0 Å². The fourth-order valence-corrected chi connectivity index (χ4v) is 4.51. The van der Waals surface area contributed by atoms with Gasteiger partial charge in [-0.2, -0.15) is 0 Å². The van der Waals surface area contributed by atoms with Crippen LogP contribution in [-0.4, -0.2) is 42.8 Å². The molecule has 188 valence electrons. The lowest BCUT2D eigenvalue weighted by Crippen LogP contribution is -2.35. The summed E-state index contributed by atoms with van der Waals surface area (Å²) < 4.78 is 5.55. The number of fused-ring (bicyclic) bond motifs is 3. The molecule has 0 aliphatic heterocycles. The number of hydrogen-bond acceptors (Lipinski definition) is 4. The lowest BCUT2D eigenvalue weighted by molar-refractivity contribution is -0.143. The Bertz CT molecular complexity index is 990. The highest BCUT2D eigenvalue weighted by Crippen LogP contribution is 2.44. The molecule has 7 heteroatoms. The molecule has 0 spiro atoms.